The molecule has 2 aromatic rings. The molecule has 0 atom stereocenters. The second kappa shape index (κ2) is 8.90. The van der Waals surface area contributed by atoms with E-state index in [0.717, 1.165) is 5.69 Å². The maximum absolute atomic E-state index is 13.5. The van der Waals surface area contributed by atoms with Gasteiger partial charge in [-0.2, -0.15) is 0 Å². The van der Waals surface area contributed by atoms with Crippen LogP contribution in [0.1, 0.15) is 23.2 Å². The fourth-order valence-electron chi connectivity index (χ4n) is 4.59. The number of likely N-dealkylation sites (tertiary alicyclic amines) is 1. The molecule has 1 N–H and O–H groups in total. The van der Waals surface area contributed by atoms with Crippen molar-refractivity contribution in [1.29, 1.82) is 0 Å². The molecule has 0 bridgehead atoms. The van der Waals surface area contributed by atoms with E-state index in [2.05, 4.69) is 10.2 Å². The van der Waals surface area contributed by atoms with Crippen molar-refractivity contribution in [3.8, 4) is 5.75 Å². The standard InChI is InChI=1S/C24H28N4O4/c1-25-21(29)16-27-17-28(19-8-4-3-5-9-19)24(23(27)31)11-13-26(14-12-24)22(30)18-7-6-10-20(15-18)32-2/h3-10,15H,11-14,16-17H2,1-2H3,(H,25,29). The molecule has 8 nitrogen and oxygen atoms in total. The minimum Gasteiger partial charge on any atom is -0.497 e. The Bertz CT molecular complexity index is 1000. The predicted octanol–water partition coefficient (Wildman–Crippen LogP) is 1.72. The van der Waals surface area contributed by atoms with Crippen molar-refractivity contribution < 1.29 is 19.1 Å². The van der Waals surface area contributed by atoms with Crippen LogP contribution in [-0.2, 0) is 9.59 Å². The van der Waals surface area contributed by atoms with Crippen LogP contribution in [0.3, 0.4) is 0 Å². The smallest absolute Gasteiger partial charge is 0.253 e. The van der Waals surface area contributed by atoms with Gasteiger partial charge in [0.25, 0.3) is 11.8 Å². The summed E-state index contributed by atoms with van der Waals surface area (Å²) >= 11 is 0. The highest BCUT2D eigenvalue weighted by molar-refractivity contribution is 5.97. The van der Waals surface area contributed by atoms with Crippen LogP contribution in [0.25, 0.3) is 0 Å². The predicted molar refractivity (Wildman–Crippen MR) is 120 cm³/mol. The summed E-state index contributed by atoms with van der Waals surface area (Å²) in [6.45, 7) is 1.28. The molecule has 0 saturated carbocycles. The van der Waals surface area contributed by atoms with Gasteiger partial charge in [-0.1, -0.05) is 24.3 Å². The van der Waals surface area contributed by atoms with Crippen molar-refractivity contribution in [1.82, 2.24) is 15.1 Å². The first-order chi connectivity index (χ1) is 15.5. The van der Waals surface area contributed by atoms with E-state index in [9.17, 15) is 14.4 Å². The van der Waals surface area contributed by atoms with Gasteiger partial charge in [-0.25, -0.2) is 0 Å². The third kappa shape index (κ3) is 3.88. The Labute approximate surface area is 187 Å². The fraction of sp³-hybridized carbons (Fsp3) is 0.375. The van der Waals surface area contributed by atoms with Crippen molar-refractivity contribution in [2.75, 3.05) is 45.4 Å². The van der Waals surface area contributed by atoms with Crippen LogP contribution < -0.4 is 15.0 Å². The number of carbonyl (C=O) groups is 3. The van der Waals surface area contributed by atoms with Crippen molar-refractivity contribution >= 4 is 23.4 Å². The first-order valence-electron chi connectivity index (χ1n) is 10.7. The molecular formula is C24H28N4O4. The molecule has 2 aromatic carbocycles. The molecule has 2 fully saturated rings. The number of hydrogen-bond donors (Lipinski definition) is 1. The summed E-state index contributed by atoms with van der Waals surface area (Å²) in [5, 5.41) is 2.59. The molecule has 168 valence electrons. The Morgan fingerprint density at radius 2 is 1.78 bits per heavy atom. The van der Waals surface area contributed by atoms with Gasteiger partial charge in [0, 0.05) is 31.4 Å². The largest absolute Gasteiger partial charge is 0.497 e. The van der Waals surface area contributed by atoms with E-state index in [1.165, 1.54) is 0 Å². The van der Waals surface area contributed by atoms with E-state index in [0.29, 0.717) is 43.9 Å². The van der Waals surface area contributed by atoms with Crippen LogP contribution in [0.2, 0.25) is 0 Å². The lowest BCUT2D eigenvalue weighted by Gasteiger charge is -2.43. The van der Waals surface area contributed by atoms with Crippen molar-refractivity contribution in [3.63, 3.8) is 0 Å². The average Bonchev–Trinajstić information content (AvgIpc) is 3.10. The van der Waals surface area contributed by atoms with Gasteiger partial charge in [0.15, 0.2) is 0 Å². The minimum absolute atomic E-state index is 0.0207. The first kappa shape index (κ1) is 21.7. The lowest BCUT2D eigenvalue weighted by molar-refractivity contribution is -0.137. The van der Waals surface area contributed by atoms with Gasteiger partial charge in [0.1, 0.15) is 17.8 Å². The lowest BCUT2D eigenvalue weighted by Crippen LogP contribution is -2.57. The van der Waals surface area contributed by atoms with E-state index in [1.807, 2.05) is 30.3 Å². The quantitative estimate of drug-likeness (QED) is 0.772. The van der Waals surface area contributed by atoms with Crippen LogP contribution in [0.15, 0.2) is 54.6 Å². The van der Waals surface area contributed by atoms with E-state index in [4.69, 9.17) is 4.74 Å². The number of ether oxygens (including phenoxy) is 1. The Morgan fingerprint density at radius 3 is 2.44 bits per heavy atom. The number of para-hydroxylation sites is 1. The fourth-order valence-corrected chi connectivity index (χ4v) is 4.59. The van der Waals surface area contributed by atoms with E-state index < -0.39 is 5.54 Å². The molecular weight excluding hydrogens is 408 g/mol. The van der Waals surface area contributed by atoms with Gasteiger partial charge >= 0.3 is 0 Å². The molecule has 0 aromatic heterocycles. The van der Waals surface area contributed by atoms with Crippen molar-refractivity contribution in [3.05, 3.63) is 60.2 Å². The summed E-state index contributed by atoms with van der Waals surface area (Å²) in [5.74, 6) is 0.306. The summed E-state index contributed by atoms with van der Waals surface area (Å²) < 4.78 is 5.24. The number of rotatable bonds is 5. The van der Waals surface area contributed by atoms with E-state index >= 15 is 0 Å². The van der Waals surface area contributed by atoms with Gasteiger partial charge in [-0.15, -0.1) is 0 Å². The third-order valence-electron chi connectivity index (χ3n) is 6.39. The molecule has 0 unspecified atom stereocenters. The Hall–Kier alpha value is -3.55. The number of methoxy groups -OCH3 is 1. The number of hydrogen-bond acceptors (Lipinski definition) is 5. The maximum atomic E-state index is 13.5. The molecule has 2 saturated heterocycles. The third-order valence-corrected chi connectivity index (χ3v) is 6.39. The molecule has 1 spiro atoms. The number of anilines is 1. The second-order valence-corrected chi connectivity index (χ2v) is 8.14. The molecule has 3 amide bonds. The van der Waals surface area contributed by atoms with E-state index in [1.54, 1.807) is 48.2 Å². The molecule has 2 aliphatic heterocycles. The molecule has 0 radical (unpaired) electrons. The van der Waals surface area contributed by atoms with Gasteiger partial charge in [-0.3, -0.25) is 14.4 Å². The number of carbonyl (C=O) groups excluding carboxylic acids is 3. The summed E-state index contributed by atoms with van der Waals surface area (Å²) in [5.41, 5.74) is 0.743. The average molecular weight is 437 g/mol. The summed E-state index contributed by atoms with van der Waals surface area (Å²) in [6.07, 6.45) is 1.00. The highest BCUT2D eigenvalue weighted by Gasteiger charge is 2.54. The lowest BCUT2D eigenvalue weighted by atomic mass is 9.85. The normalized spacial score (nSPS) is 17.6. The summed E-state index contributed by atoms with van der Waals surface area (Å²) in [6, 6.07) is 16.9. The highest BCUT2D eigenvalue weighted by Crippen LogP contribution is 2.39. The van der Waals surface area contributed by atoms with Gasteiger partial charge < -0.3 is 24.8 Å². The van der Waals surface area contributed by atoms with E-state index in [-0.39, 0.29) is 24.3 Å². The first-order valence-corrected chi connectivity index (χ1v) is 10.7. The van der Waals surface area contributed by atoms with Crippen LogP contribution in [-0.4, -0.2) is 73.5 Å². The van der Waals surface area contributed by atoms with Crippen LogP contribution in [0, 0.1) is 0 Å². The Morgan fingerprint density at radius 1 is 1.06 bits per heavy atom. The summed E-state index contributed by atoms with van der Waals surface area (Å²) in [7, 11) is 3.14. The number of nitrogens with zero attached hydrogens (tertiary/aromatic N) is 3. The van der Waals surface area contributed by atoms with Crippen LogP contribution >= 0.6 is 0 Å². The Balaban J connectivity index is 1.56. The summed E-state index contributed by atoms with van der Waals surface area (Å²) in [4.78, 5) is 44.1. The monoisotopic (exact) mass is 436 g/mol. The highest BCUT2D eigenvalue weighted by atomic mass is 16.5. The van der Waals surface area contributed by atoms with Gasteiger partial charge in [-0.05, 0) is 43.2 Å². The zero-order valence-electron chi connectivity index (χ0n) is 18.4. The molecule has 2 heterocycles. The molecule has 8 heteroatoms. The Kier molecular flexibility index (Phi) is 6.03. The van der Waals surface area contributed by atoms with Crippen molar-refractivity contribution in [2.24, 2.45) is 0 Å². The zero-order valence-corrected chi connectivity index (χ0v) is 18.4. The molecule has 2 aliphatic rings. The SMILES string of the molecule is CNC(=O)CN1CN(c2ccccc2)C2(CCN(C(=O)c3cccc(OC)c3)CC2)C1=O. The van der Waals surface area contributed by atoms with Gasteiger partial charge in [0.05, 0.1) is 13.8 Å². The second-order valence-electron chi connectivity index (χ2n) is 8.14. The number of amides is 3. The molecule has 4 rings (SSSR count). The molecule has 0 aliphatic carbocycles. The van der Waals surface area contributed by atoms with Crippen LogP contribution in [0.5, 0.6) is 5.75 Å². The topological polar surface area (TPSA) is 82.2 Å². The molecule has 32 heavy (non-hydrogen) atoms. The van der Waals surface area contributed by atoms with Crippen molar-refractivity contribution in [2.45, 2.75) is 18.4 Å². The number of nitrogens with one attached hydrogen (secondary N) is 1. The zero-order chi connectivity index (χ0) is 22.7. The number of piperidine rings is 1. The number of benzene rings is 2. The van der Waals surface area contributed by atoms with Gasteiger partial charge in [0.2, 0.25) is 5.91 Å². The van der Waals surface area contributed by atoms with Crippen LogP contribution in [0.4, 0.5) is 5.69 Å². The maximum Gasteiger partial charge on any atom is 0.253 e. The minimum atomic E-state index is -0.763. The number of likely N-dealkylation sites (N-methyl/N-ethyl adjacent to an activating group) is 1.